The van der Waals surface area contributed by atoms with E-state index in [1.54, 1.807) is 27.8 Å². The van der Waals surface area contributed by atoms with Gasteiger partial charge in [-0.2, -0.15) is 0 Å². The van der Waals surface area contributed by atoms with Gasteiger partial charge in [0.05, 0.1) is 12.1 Å². The Labute approximate surface area is 212 Å². The highest BCUT2D eigenvalue weighted by molar-refractivity contribution is 5.80. The van der Waals surface area contributed by atoms with E-state index in [9.17, 15) is 14.4 Å². The molecule has 0 aromatic heterocycles. The summed E-state index contributed by atoms with van der Waals surface area (Å²) in [5.74, 6) is -0.371. The van der Waals surface area contributed by atoms with E-state index >= 15 is 0 Å². The lowest BCUT2D eigenvalue weighted by atomic mass is 9.82. The van der Waals surface area contributed by atoms with E-state index in [2.05, 4.69) is 40.2 Å². The number of fused-ring (bicyclic) bond motifs is 3. The van der Waals surface area contributed by atoms with Gasteiger partial charge in [-0.15, -0.1) is 0 Å². The van der Waals surface area contributed by atoms with Crippen LogP contribution in [0.4, 0.5) is 9.59 Å². The van der Waals surface area contributed by atoms with E-state index < -0.39 is 23.8 Å². The van der Waals surface area contributed by atoms with Crippen molar-refractivity contribution in [2.24, 2.45) is 5.92 Å². The number of amides is 3. The number of carbonyl (C=O) groups is 3. The molecule has 8 nitrogen and oxygen atoms in total. The van der Waals surface area contributed by atoms with Crippen molar-refractivity contribution in [3.63, 3.8) is 0 Å². The van der Waals surface area contributed by atoms with Crippen molar-refractivity contribution in [2.75, 3.05) is 13.7 Å². The molecule has 3 amide bonds. The molecule has 4 rings (SSSR count). The highest BCUT2D eigenvalue weighted by Gasteiger charge is 2.37. The summed E-state index contributed by atoms with van der Waals surface area (Å²) in [5.41, 5.74) is 3.95. The number of alkyl carbamates (subject to hydrolysis) is 2. The molecule has 3 N–H and O–H groups in total. The number of nitrogens with one attached hydrogen (secondary N) is 3. The minimum atomic E-state index is -0.658. The molecule has 1 saturated carbocycles. The van der Waals surface area contributed by atoms with E-state index in [0.29, 0.717) is 19.3 Å². The highest BCUT2D eigenvalue weighted by atomic mass is 16.6. The van der Waals surface area contributed by atoms with Crippen LogP contribution in [0.25, 0.3) is 11.1 Å². The third-order valence-corrected chi connectivity index (χ3v) is 6.82. The van der Waals surface area contributed by atoms with E-state index in [1.165, 1.54) is 0 Å². The fourth-order valence-corrected chi connectivity index (χ4v) is 5.20. The largest absolute Gasteiger partial charge is 0.449 e. The number of carbonyl (C=O) groups excluding carboxylic acids is 3. The van der Waals surface area contributed by atoms with Crippen LogP contribution >= 0.6 is 0 Å². The lowest BCUT2D eigenvalue weighted by Crippen LogP contribution is -2.56. The van der Waals surface area contributed by atoms with Crippen LogP contribution in [-0.4, -0.2) is 49.4 Å². The molecule has 0 unspecified atom stereocenters. The zero-order valence-electron chi connectivity index (χ0n) is 21.3. The molecular weight excluding hydrogens is 458 g/mol. The van der Waals surface area contributed by atoms with Crippen LogP contribution in [0.3, 0.4) is 0 Å². The number of rotatable bonds is 5. The average Bonchev–Trinajstić information content (AvgIpc) is 3.16. The first-order valence-electron chi connectivity index (χ1n) is 12.5. The Morgan fingerprint density at radius 3 is 2.03 bits per heavy atom. The standard InChI is InChI=1S/C28H35N3O5/c1-28(2,3)36-27(34)31-24-15-17(25(32)29-4)13-14-23(24)30-26(33)35-16-22-20-11-7-5-9-18(20)19-10-6-8-12-21(19)22/h5-12,17,22-24H,13-16H2,1-4H3,(H,29,32)(H,30,33)(H,31,34)/t17-,23-,24+/m0/s1. The van der Waals surface area contributed by atoms with Gasteiger partial charge in [0, 0.05) is 18.9 Å². The first-order chi connectivity index (χ1) is 17.2. The monoisotopic (exact) mass is 493 g/mol. The fourth-order valence-electron chi connectivity index (χ4n) is 5.20. The summed E-state index contributed by atoms with van der Waals surface area (Å²) in [6.07, 6.45) is 0.400. The number of hydrogen-bond donors (Lipinski definition) is 3. The summed E-state index contributed by atoms with van der Waals surface area (Å²) < 4.78 is 11.1. The van der Waals surface area contributed by atoms with Crippen molar-refractivity contribution in [1.82, 2.24) is 16.0 Å². The molecule has 8 heteroatoms. The summed E-state index contributed by atoms with van der Waals surface area (Å²) in [7, 11) is 1.60. The van der Waals surface area contributed by atoms with Gasteiger partial charge >= 0.3 is 12.2 Å². The maximum atomic E-state index is 12.9. The summed E-state index contributed by atoms with van der Waals surface area (Å²) in [6.45, 7) is 5.56. The van der Waals surface area contributed by atoms with E-state index in [4.69, 9.17) is 9.47 Å². The first-order valence-corrected chi connectivity index (χ1v) is 12.5. The van der Waals surface area contributed by atoms with Gasteiger partial charge in [-0.3, -0.25) is 4.79 Å². The van der Waals surface area contributed by atoms with Crippen molar-refractivity contribution in [1.29, 1.82) is 0 Å². The van der Waals surface area contributed by atoms with Crippen LogP contribution in [0, 0.1) is 5.92 Å². The van der Waals surface area contributed by atoms with Gasteiger partial charge in [0.25, 0.3) is 0 Å². The summed E-state index contributed by atoms with van der Waals surface area (Å²) in [5, 5.41) is 8.45. The van der Waals surface area contributed by atoms with Crippen LogP contribution in [0.5, 0.6) is 0 Å². The maximum absolute atomic E-state index is 12.9. The van der Waals surface area contributed by atoms with Gasteiger partial charge in [-0.05, 0) is 62.3 Å². The van der Waals surface area contributed by atoms with Gasteiger partial charge in [0.2, 0.25) is 5.91 Å². The molecule has 0 bridgehead atoms. The molecule has 192 valence electrons. The number of hydrogen-bond acceptors (Lipinski definition) is 5. The molecule has 0 heterocycles. The molecular formula is C28H35N3O5. The minimum absolute atomic E-state index is 0.0391. The molecule has 0 aliphatic heterocycles. The fraction of sp³-hybridized carbons (Fsp3) is 0.464. The van der Waals surface area contributed by atoms with Crippen LogP contribution < -0.4 is 16.0 Å². The van der Waals surface area contributed by atoms with Gasteiger partial charge in [0.15, 0.2) is 0 Å². The predicted molar refractivity (Wildman–Crippen MR) is 137 cm³/mol. The van der Waals surface area contributed by atoms with E-state index in [0.717, 1.165) is 22.3 Å². The third-order valence-electron chi connectivity index (χ3n) is 6.82. The molecule has 0 saturated heterocycles. The first kappa shape index (κ1) is 25.5. The number of ether oxygens (including phenoxy) is 2. The molecule has 2 aliphatic rings. The van der Waals surface area contributed by atoms with Crippen LogP contribution in [-0.2, 0) is 14.3 Å². The van der Waals surface area contributed by atoms with Crippen LogP contribution in [0.2, 0.25) is 0 Å². The lowest BCUT2D eigenvalue weighted by Gasteiger charge is -2.36. The molecule has 2 aromatic carbocycles. The Balaban J connectivity index is 1.41. The Bertz CT molecular complexity index is 1080. The molecule has 0 spiro atoms. The van der Waals surface area contributed by atoms with Crippen molar-refractivity contribution >= 4 is 18.1 Å². The van der Waals surface area contributed by atoms with Gasteiger partial charge in [0.1, 0.15) is 12.2 Å². The highest BCUT2D eigenvalue weighted by Crippen LogP contribution is 2.44. The van der Waals surface area contributed by atoms with Gasteiger partial charge in [-0.1, -0.05) is 48.5 Å². The summed E-state index contributed by atoms with van der Waals surface area (Å²) in [6, 6.07) is 15.5. The predicted octanol–water partition coefficient (Wildman–Crippen LogP) is 4.33. The quantitative estimate of drug-likeness (QED) is 0.575. The molecule has 1 fully saturated rings. The van der Waals surface area contributed by atoms with E-state index in [1.807, 2.05) is 24.3 Å². The second-order valence-electron chi connectivity index (χ2n) is 10.5. The zero-order chi connectivity index (χ0) is 25.9. The van der Waals surface area contributed by atoms with Crippen molar-refractivity contribution < 1.29 is 23.9 Å². The summed E-state index contributed by atoms with van der Waals surface area (Å²) >= 11 is 0. The van der Waals surface area contributed by atoms with E-state index in [-0.39, 0.29) is 30.4 Å². The van der Waals surface area contributed by atoms with Crippen molar-refractivity contribution in [2.45, 2.75) is 63.6 Å². The Morgan fingerprint density at radius 1 is 0.861 bits per heavy atom. The zero-order valence-corrected chi connectivity index (χ0v) is 21.3. The Morgan fingerprint density at radius 2 is 1.44 bits per heavy atom. The minimum Gasteiger partial charge on any atom is -0.449 e. The SMILES string of the molecule is CNC(=O)[C@H]1CC[C@H](NC(=O)OCC2c3ccccc3-c3ccccc32)[C@H](NC(=O)OC(C)(C)C)C1. The van der Waals surface area contributed by atoms with Gasteiger partial charge in [-0.25, -0.2) is 9.59 Å². The topological polar surface area (TPSA) is 106 Å². The molecule has 36 heavy (non-hydrogen) atoms. The smallest absolute Gasteiger partial charge is 0.407 e. The molecule has 2 aliphatic carbocycles. The van der Waals surface area contributed by atoms with Crippen LogP contribution in [0.1, 0.15) is 57.1 Å². The molecule has 2 aromatic rings. The maximum Gasteiger partial charge on any atom is 0.407 e. The Hall–Kier alpha value is -3.55. The Kier molecular flexibility index (Phi) is 7.52. The second kappa shape index (κ2) is 10.6. The second-order valence-corrected chi connectivity index (χ2v) is 10.5. The summed E-state index contributed by atoms with van der Waals surface area (Å²) in [4.78, 5) is 37.6. The molecule has 3 atom stereocenters. The molecule has 0 radical (unpaired) electrons. The average molecular weight is 494 g/mol. The lowest BCUT2D eigenvalue weighted by molar-refractivity contribution is -0.125. The van der Waals surface area contributed by atoms with Crippen molar-refractivity contribution in [3.8, 4) is 11.1 Å². The van der Waals surface area contributed by atoms with Crippen molar-refractivity contribution in [3.05, 3.63) is 59.7 Å². The third kappa shape index (κ3) is 5.80. The normalized spacial score (nSPS) is 21.1. The van der Waals surface area contributed by atoms with Crippen LogP contribution in [0.15, 0.2) is 48.5 Å². The number of benzene rings is 2. The van der Waals surface area contributed by atoms with Gasteiger partial charge < -0.3 is 25.4 Å².